The SMILES string of the molecule is O=C(N[C@@H](CCc1ccccc1)C(=O)NC[C@H]1COCCO1)c1cc(Cl)c(Cl)[nH]1. The molecule has 1 aliphatic heterocycles. The normalized spacial score (nSPS) is 17.5. The van der Waals surface area contributed by atoms with Crippen molar-refractivity contribution in [3.63, 3.8) is 0 Å². The third-order valence-electron chi connectivity index (χ3n) is 4.55. The highest BCUT2D eigenvalue weighted by Gasteiger charge is 2.24. The smallest absolute Gasteiger partial charge is 0.268 e. The third-order valence-corrected chi connectivity index (χ3v) is 5.24. The Kier molecular flexibility index (Phi) is 7.94. The molecule has 0 unspecified atom stereocenters. The second kappa shape index (κ2) is 10.6. The molecule has 0 bridgehead atoms. The molecule has 3 rings (SSSR count). The van der Waals surface area contributed by atoms with Crippen LogP contribution in [0.3, 0.4) is 0 Å². The number of hydrogen-bond donors (Lipinski definition) is 3. The molecule has 1 aromatic carbocycles. The number of carbonyl (C=O) groups excluding carboxylic acids is 2. The molecule has 0 aliphatic carbocycles. The summed E-state index contributed by atoms with van der Waals surface area (Å²) in [6.07, 6.45) is 0.875. The van der Waals surface area contributed by atoms with Gasteiger partial charge in [-0.25, -0.2) is 0 Å². The van der Waals surface area contributed by atoms with Crippen molar-refractivity contribution in [3.05, 3.63) is 57.8 Å². The Balaban J connectivity index is 1.62. The van der Waals surface area contributed by atoms with Crippen molar-refractivity contribution in [2.45, 2.75) is 25.0 Å². The van der Waals surface area contributed by atoms with Crippen molar-refractivity contribution in [3.8, 4) is 0 Å². The van der Waals surface area contributed by atoms with Crippen molar-refractivity contribution < 1.29 is 19.1 Å². The number of H-pyrrole nitrogens is 1. The molecule has 2 atom stereocenters. The van der Waals surface area contributed by atoms with Crippen LogP contribution in [0.25, 0.3) is 0 Å². The highest BCUT2D eigenvalue weighted by molar-refractivity contribution is 6.41. The van der Waals surface area contributed by atoms with Crippen LogP contribution in [-0.4, -0.2) is 55.3 Å². The first-order valence-electron chi connectivity index (χ1n) is 9.39. The zero-order valence-electron chi connectivity index (χ0n) is 15.8. The number of halogens is 2. The Morgan fingerprint density at radius 1 is 1.21 bits per heavy atom. The number of nitrogens with one attached hydrogen (secondary N) is 3. The van der Waals surface area contributed by atoms with Crippen molar-refractivity contribution in [1.82, 2.24) is 15.6 Å². The van der Waals surface area contributed by atoms with Gasteiger partial charge in [-0.3, -0.25) is 9.59 Å². The number of carbonyl (C=O) groups is 2. The van der Waals surface area contributed by atoms with Gasteiger partial charge in [0, 0.05) is 6.54 Å². The summed E-state index contributed by atoms with van der Waals surface area (Å²) in [5.41, 5.74) is 1.27. The summed E-state index contributed by atoms with van der Waals surface area (Å²) in [7, 11) is 0. The topological polar surface area (TPSA) is 92.5 Å². The van der Waals surface area contributed by atoms with E-state index in [0.717, 1.165) is 5.56 Å². The van der Waals surface area contributed by atoms with Gasteiger partial charge in [0.15, 0.2) is 0 Å². The number of hydrogen-bond acceptors (Lipinski definition) is 4. The lowest BCUT2D eigenvalue weighted by Gasteiger charge is -2.24. The van der Waals surface area contributed by atoms with E-state index >= 15 is 0 Å². The maximum Gasteiger partial charge on any atom is 0.268 e. The van der Waals surface area contributed by atoms with Gasteiger partial charge in [0.1, 0.15) is 16.9 Å². The molecule has 2 amide bonds. The number of amides is 2. The Labute approximate surface area is 179 Å². The van der Waals surface area contributed by atoms with E-state index < -0.39 is 11.9 Å². The van der Waals surface area contributed by atoms with E-state index in [0.29, 0.717) is 39.2 Å². The Morgan fingerprint density at radius 3 is 2.66 bits per heavy atom. The molecular formula is C20H23Cl2N3O4. The van der Waals surface area contributed by atoms with Gasteiger partial charge in [0.25, 0.3) is 5.91 Å². The monoisotopic (exact) mass is 439 g/mol. The van der Waals surface area contributed by atoms with Crippen molar-refractivity contribution >= 4 is 35.0 Å². The van der Waals surface area contributed by atoms with E-state index in [2.05, 4.69) is 15.6 Å². The summed E-state index contributed by atoms with van der Waals surface area (Å²) < 4.78 is 10.9. The molecule has 7 nitrogen and oxygen atoms in total. The Morgan fingerprint density at radius 2 is 2.00 bits per heavy atom. The molecule has 1 aromatic heterocycles. The van der Waals surface area contributed by atoms with Crippen LogP contribution in [0.2, 0.25) is 10.2 Å². The first-order valence-corrected chi connectivity index (χ1v) is 10.1. The van der Waals surface area contributed by atoms with Crippen LogP contribution in [0.1, 0.15) is 22.5 Å². The predicted molar refractivity (Wildman–Crippen MR) is 110 cm³/mol. The number of aromatic nitrogens is 1. The molecule has 2 aromatic rings. The number of aromatic amines is 1. The molecule has 2 heterocycles. The average molecular weight is 440 g/mol. The van der Waals surface area contributed by atoms with Gasteiger partial charge in [-0.05, 0) is 24.5 Å². The fraction of sp³-hybridized carbons (Fsp3) is 0.400. The maximum absolute atomic E-state index is 12.8. The van der Waals surface area contributed by atoms with Gasteiger partial charge < -0.3 is 25.1 Å². The molecule has 0 radical (unpaired) electrons. The fourth-order valence-corrected chi connectivity index (χ4v) is 3.29. The first kappa shape index (κ1) is 21.6. The van der Waals surface area contributed by atoms with Gasteiger partial charge in [-0.2, -0.15) is 0 Å². The molecule has 0 saturated carbocycles. The summed E-state index contributed by atoms with van der Waals surface area (Å²) in [6.45, 7) is 1.81. The lowest BCUT2D eigenvalue weighted by atomic mass is 10.0. The van der Waals surface area contributed by atoms with E-state index in [1.165, 1.54) is 6.07 Å². The first-order chi connectivity index (χ1) is 14.0. The van der Waals surface area contributed by atoms with E-state index in [-0.39, 0.29) is 27.9 Å². The second-order valence-electron chi connectivity index (χ2n) is 6.71. The van der Waals surface area contributed by atoms with Gasteiger partial charge in [-0.15, -0.1) is 0 Å². The highest BCUT2D eigenvalue weighted by Crippen LogP contribution is 2.21. The summed E-state index contributed by atoms with van der Waals surface area (Å²) in [5.74, 6) is -0.739. The minimum atomic E-state index is -0.729. The maximum atomic E-state index is 12.8. The Hall–Kier alpha value is -2.06. The zero-order valence-corrected chi connectivity index (χ0v) is 17.3. The largest absolute Gasteiger partial charge is 0.376 e. The molecule has 1 aliphatic rings. The van der Waals surface area contributed by atoms with Gasteiger partial charge in [0.2, 0.25) is 5.91 Å². The molecule has 1 fully saturated rings. The van der Waals surface area contributed by atoms with Crippen molar-refractivity contribution in [2.24, 2.45) is 0 Å². The molecule has 156 valence electrons. The van der Waals surface area contributed by atoms with Crippen LogP contribution in [0.5, 0.6) is 0 Å². The van der Waals surface area contributed by atoms with Crippen LogP contribution in [-0.2, 0) is 20.7 Å². The summed E-state index contributed by atoms with van der Waals surface area (Å²) in [4.78, 5) is 28.0. The summed E-state index contributed by atoms with van der Waals surface area (Å²) >= 11 is 11.8. The minimum Gasteiger partial charge on any atom is -0.376 e. The van der Waals surface area contributed by atoms with Crippen LogP contribution in [0.4, 0.5) is 0 Å². The number of ether oxygens (including phenoxy) is 2. The number of rotatable bonds is 8. The average Bonchev–Trinajstić information content (AvgIpc) is 3.09. The van der Waals surface area contributed by atoms with Crippen LogP contribution >= 0.6 is 23.2 Å². The number of aryl methyl sites for hydroxylation is 1. The third kappa shape index (κ3) is 6.47. The molecule has 0 spiro atoms. The quantitative estimate of drug-likeness (QED) is 0.589. The van der Waals surface area contributed by atoms with Crippen LogP contribution in [0.15, 0.2) is 36.4 Å². The van der Waals surface area contributed by atoms with E-state index in [1.54, 1.807) is 0 Å². The van der Waals surface area contributed by atoms with Gasteiger partial charge in [-0.1, -0.05) is 53.5 Å². The van der Waals surface area contributed by atoms with E-state index in [9.17, 15) is 9.59 Å². The van der Waals surface area contributed by atoms with Crippen molar-refractivity contribution in [2.75, 3.05) is 26.4 Å². The summed E-state index contributed by atoms with van der Waals surface area (Å²) in [5, 5.41) is 6.03. The minimum absolute atomic E-state index is 0.177. The van der Waals surface area contributed by atoms with Crippen LogP contribution < -0.4 is 10.6 Å². The van der Waals surface area contributed by atoms with Crippen molar-refractivity contribution in [1.29, 1.82) is 0 Å². The van der Waals surface area contributed by atoms with E-state index in [4.69, 9.17) is 32.7 Å². The zero-order chi connectivity index (χ0) is 20.6. The molecular weight excluding hydrogens is 417 g/mol. The van der Waals surface area contributed by atoms with E-state index in [1.807, 2.05) is 30.3 Å². The lowest BCUT2D eigenvalue weighted by Crippen LogP contribution is -2.49. The highest BCUT2D eigenvalue weighted by atomic mass is 35.5. The fourth-order valence-electron chi connectivity index (χ4n) is 2.98. The standard InChI is InChI=1S/C20H23Cl2N3O4/c21-15-10-17(24-18(15)22)20(27)25-16(7-6-13-4-2-1-3-5-13)19(26)23-11-14-12-28-8-9-29-14/h1-5,10,14,16,24H,6-9,11-12H2,(H,23,26)(H,25,27)/t14-,16-/m0/s1. The van der Waals surface area contributed by atoms with Gasteiger partial charge >= 0.3 is 0 Å². The molecule has 3 N–H and O–H groups in total. The molecule has 1 saturated heterocycles. The predicted octanol–water partition coefficient (Wildman–Crippen LogP) is 2.58. The number of benzene rings is 1. The molecule has 29 heavy (non-hydrogen) atoms. The van der Waals surface area contributed by atoms with Crippen LogP contribution in [0, 0.1) is 0 Å². The Bertz CT molecular complexity index is 803. The second-order valence-corrected chi connectivity index (χ2v) is 7.49. The molecule has 9 heteroatoms. The summed E-state index contributed by atoms with van der Waals surface area (Å²) in [6, 6.07) is 10.5. The lowest BCUT2D eigenvalue weighted by molar-refractivity contribution is -0.125. The van der Waals surface area contributed by atoms with Gasteiger partial charge in [0.05, 0.1) is 30.9 Å².